The van der Waals surface area contributed by atoms with Gasteiger partial charge in [-0.1, -0.05) is 6.08 Å². The Morgan fingerprint density at radius 2 is 1.83 bits per heavy atom. The fraction of sp³-hybridized carbons (Fsp3) is 0.273. The van der Waals surface area contributed by atoms with E-state index in [9.17, 15) is 9.59 Å². The molecule has 1 heterocycles. The second kappa shape index (κ2) is 7.97. The van der Waals surface area contributed by atoms with Gasteiger partial charge in [-0.05, 0) is 44.2 Å². The van der Waals surface area contributed by atoms with E-state index in [-0.39, 0.29) is 12.3 Å². The molecule has 0 saturated heterocycles. The third-order valence-electron chi connectivity index (χ3n) is 4.57. The zero-order chi connectivity index (χ0) is 21.2. The Kier molecular flexibility index (Phi) is 5.61. The summed E-state index contributed by atoms with van der Waals surface area (Å²) < 4.78 is 16.7. The normalized spacial score (nSPS) is 13.8. The Balaban J connectivity index is 2.11. The Morgan fingerprint density at radius 3 is 2.48 bits per heavy atom. The SMILES string of the molecule is COc1ccc(C(=O)c2ccc(OC)c3c2C=CC(C)(C)O3)c(NC(=O)CN)c1. The van der Waals surface area contributed by atoms with Crippen molar-refractivity contribution in [1.29, 1.82) is 0 Å². The Hall–Kier alpha value is -3.32. The number of methoxy groups -OCH3 is 2. The van der Waals surface area contributed by atoms with Crippen LogP contribution in [0.5, 0.6) is 17.2 Å². The highest BCUT2D eigenvalue weighted by Gasteiger charge is 2.29. The number of anilines is 1. The number of ether oxygens (including phenoxy) is 3. The number of ketones is 1. The number of carbonyl (C=O) groups is 2. The quantitative estimate of drug-likeness (QED) is 0.728. The van der Waals surface area contributed by atoms with E-state index in [0.717, 1.165) is 0 Å². The van der Waals surface area contributed by atoms with Crippen molar-refractivity contribution in [2.75, 3.05) is 26.1 Å². The number of amides is 1. The van der Waals surface area contributed by atoms with Gasteiger partial charge in [0.1, 0.15) is 11.4 Å². The van der Waals surface area contributed by atoms with Gasteiger partial charge in [-0.25, -0.2) is 0 Å². The van der Waals surface area contributed by atoms with E-state index in [1.54, 1.807) is 37.4 Å². The highest BCUT2D eigenvalue weighted by molar-refractivity contribution is 6.16. The maximum Gasteiger partial charge on any atom is 0.238 e. The summed E-state index contributed by atoms with van der Waals surface area (Å²) in [6.45, 7) is 3.64. The highest BCUT2D eigenvalue weighted by atomic mass is 16.5. The van der Waals surface area contributed by atoms with Crippen LogP contribution >= 0.6 is 0 Å². The van der Waals surface area contributed by atoms with Crippen molar-refractivity contribution in [3.63, 3.8) is 0 Å². The van der Waals surface area contributed by atoms with Crippen LogP contribution in [0.1, 0.15) is 35.3 Å². The first-order valence-corrected chi connectivity index (χ1v) is 9.11. The van der Waals surface area contributed by atoms with Crippen molar-refractivity contribution < 1.29 is 23.8 Å². The summed E-state index contributed by atoms with van der Waals surface area (Å²) in [6.07, 6.45) is 3.74. The predicted molar refractivity (Wildman–Crippen MR) is 111 cm³/mol. The van der Waals surface area contributed by atoms with Crippen molar-refractivity contribution in [3.8, 4) is 17.2 Å². The molecule has 0 radical (unpaired) electrons. The Labute approximate surface area is 169 Å². The number of hydrogen-bond acceptors (Lipinski definition) is 6. The molecule has 0 aromatic heterocycles. The number of nitrogens with one attached hydrogen (secondary N) is 1. The van der Waals surface area contributed by atoms with Crippen LogP contribution in [0, 0.1) is 0 Å². The molecule has 7 nitrogen and oxygen atoms in total. The van der Waals surface area contributed by atoms with Crippen molar-refractivity contribution in [2.24, 2.45) is 5.73 Å². The number of fused-ring (bicyclic) bond motifs is 1. The van der Waals surface area contributed by atoms with Crippen molar-refractivity contribution in [3.05, 3.63) is 53.1 Å². The molecule has 1 aliphatic heterocycles. The van der Waals surface area contributed by atoms with Crippen LogP contribution in [-0.2, 0) is 4.79 Å². The molecule has 0 fully saturated rings. The molecule has 1 amide bonds. The van der Waals surface area contributed by atoms with Gasteiger partial charge in [0.05, 0.1) is 26.5 Å². The second-order valence-electron chi connectivity index (χ2n) is 7.09. The molecule has 2 aromatic rings. The highest BCUT2D eigenvalue weighted by Crippen LogP contribution is 2.41. The minimum atomic E-state index is -0.525. The van der Waals surface area contributed by atoms with Crippen LogP contribution in [0.3, 0.4) is 0 Å². The molecule has 0 saturated carbocycles. The lowest BCUT2D eigenvalue weighted by Crippen LogP contribution is -2.28. The Bertz CT molecular complexity index is 995. The average molecular weight is 396 g/mol. The third kappa shape index (κ3) is 4.09. The fourth-order valence-electron chi connectivity index (χ4n) is 3.09. The van der Waals surface area contributed by atoms with Gasteiger partial charge in [0.25, 0.3) is 0 Å². The Morgan fingerprint density at radius 1 is 1.10 bits per heavy atom. The van der Waals surface area contributed by atoms with Crippen molar-refractivity contribution in [2.45, 2.75) is 19.4 Å². The van der Waals surface area contributed by atoms with Gasteiger partial charge in [0.2, 0.25) is 5.91 Å². The first kappa shape index (κ1) is 20.4. The smallest absolute Gasteiger partial charge is 0.238 e. The van der Waals surface area contributed by atoms with Gasteiger partial charge >= 0.3 is 0 Å². The second-order valence-corrected chi connectivity index (χ2v) is 7.09. The third-order valence-corrected chi connectivity index (χ3v) is 4.57. The molecule has 7 heteroatoms. The van der Waals surface area contributed by atoms with Crippen molar-refractivity contribution in [1.82, 2.24) is 0 Å². The van der Waals surface area contributed by atoms with Crippen LogP contribution in [0.25, 0.3) is 6.08 Å². The molecule has 29 heavy (non-hydrogen) atoms. The standard InChI is InChI=1S/C22H24N2O5/c1-22(2)10-9-15-14(7-8-18(28-4)21(15)29-22)20(26)16-6-5-13(27-3)11-17(16)24-19(25)12-23/h5-11H,12,23H2,1-4H3,(H,24,25). The maximum absolute atomic E-state index is 13.4. The molecule has 0 bridgehead atoms. The zero-order valence-electron chi connectivity index (χ0n) is 16.9. The molecule has 0 aliphatic carbocycles. The molecule has 3 rings (SSSR count). The monoisotopic (exact) mass is 396 g/mol. The molecular formula is C22H24N2O5. The first-order valence-electron chi connectivity index (χ1n) is 9.11. The van der Waals surface area contributed by atoms with Gasteiger partial charge in [-0.2, -0.15) is 0 Å². The molecule has 2 aromatic carbocycles. The first-order chi connectivity index (χ1) is 13.8. The van der Waals surface area contributed by atoms with E-state index in [1.807, 2.05) is 26.0 Å². The predicted octanol–water partition coefficient (Wildman–Crippen LogP) is 3.02. The summed E-state index contributed by atoms with van der Waals surface area (Å²) in [6, 6.07) is 8.25. The molecule has 3 N–H and O–H groups in total. The molecule has 0 unspecified atom stereocenters. The van der Waals surface area contributed by atoms with Gasteiger partial charge in [-0.3, -0.25) is 9.59 Å². The lowest BCUT2D eigenvalue weighted by atomic mass is 9.93. The average Bonchev–Trinajstić information content (AvgIpc) is 2.71. The van der Waals surface area contributed by atoms with Crippen molar-refractivity contribution >= 4 is 23.5 Å². The largest absolute Gasteiger partial charge is 0.497 e. The maximum atomic E-state index is 13.4. The van der Waals surface area contributed by atoms with Gasteiger partial charge < -0.3 is 25.3 Å². The summed E-state index contributed by atoms with van der Waals surface area (Å²) in [5.74, 6) is 0.878. The number of carbonyl (C=O) groups excluding carboxylic acids is 2. The van der Waals surface area contributed by atoms with E-state index in [2.05, 4.69) is 5.32 Å². The summed E-state index contributed by atoms with van der Waals surface area (Å²) in [5, 5.41) is 2.66. The van der Waals surface area contributed by atoms with Crippen LogP contribution in [0.15, 0.2) is 36.4 Å². The number of hydrogen-bond donors (Lipinski definition) is 2. The minimum Gasteiger partial charge on any atom is -0.497 e. The lowest BCUT2D eigenvalue weighted by molar-refractivity contribution is -0.114. The summed E-state index contributed by atoms with van der Waals surface area (Å²) in [7, 11) is 3.06. The number of nitrogens with two attached hydrogens (primary N) is 1. The molecular weight excluding hydrogens is 372 g/mol. The van der Waals surface area contributed by atoms with Crippen LogP contribution in [0.4, 0.5) is 5.69 Å². The van der Waals surface area contributed by atoms with E-state index in [4.69, 9.17) is 19.9 Å². The zero-order valence-corrected chi connectivity index (χ0v) is 16.9. The van der Waals surface area contributed by atoms with Crippen LogP contribution < -0.4 is 25.3 Å². The van der Waals surface area contributed by atoms with E-state index in [0.29, 0.717) is 39.6 Å². The van der Waals surface area contributed by atoms with E-state index >= 15 is 0 Å². The van der Waals surface area contributed by atoms with Crippen LogP contribution in [-0.4, -0.2) is 38.1 Å². The fourth-order valence-corrected chi connectivity index (χ4v) is 3.09. The topological polar surface area (TPSA) is 99.9 Å². The van der Waals surface area contributed by atoms with Gasteiger partial charge in [-0.15, -0.1) is 0 Å². The summed E-state index contributed by atoms with van der Waals surface area (Å²) in [5.41, 5.74) is 6.59. The van der Waals surface area contributed by atoms with Crippen LogP contribution in [0.2, 0.25) is 0 Å². The van der Waals surface area contributed by atoms with Gasteiger partial charge in [0.15, 0.2) is 17.3 Å². The van der Waals surface area contributed by atoms with E-state index in [1.165, 1.54) is 7.11 Å². The molecule has 0 spiro atoms. The minimum absolute atomic E-state index is 0.200. The molecule has 0 atom stereocenters. The molecule has 152 valence electrons. The summed E-state index contributed by atoms with van der Waals surface area (Å²) >= 11 is 0. The molecule has 1 aliphatic rings. The van der Waals surface area contributed by atoms with E-state index < -0.39 is 11.5 Å². The number of rotatable bonds is 6. The summed E-state index contributed by atoms with van der Waals surface area (Å²) in [4.78, 5) is 25.3. The van der Waals surface area contributed by atoms with Gasteiger partial charge in [0, 0.05) is 22.8 Å². The lowest BCUT2D eigenvalue weighted by Gasteiger charge is -2.30. The number of benzene rings is 2.